The largest absolute Gasteiger partial charge is 0.299 e. The van der Waals surface area contributed by atoms with Crippen LogP contribution in [0.1, 0.15) is 78.6 Å². The Balaban J connectivity index is 3.13. The summed E-state index contributed by atoms with van der Waals surface area (Å²) < 4.78 is 0. The van der Waals surface area contributed by atoms with Gasteiger partial charge < -0.3 is 0 Å². The van der Waals surface area contributed by atoms with Crippen LogP contribution in [-0.4, -0.2) is 16.8 Å². The normalized spacial score (nSPS) is 12.6. The van der Waals surface area contributed by atoms with Gasteiger partial charge in [-0.1, -0.05) is 65.2 Å². The second kappa shape index (κ2) is 12.5. The van der Waals surface area contributed by atoms with Gasteiger partial charge in [0.1, 0.15) is 5.78 Å². The molecule has 1 unspecified atom stereocenters. The van der Waals surface area contributed by atoms with Crippen LogP contribution in [0.2, 0.25) is 0 Å². The van der Waals surface area contributed by atoms with Crippen molar-refractivity contribution in [3.05, 3.63) is 0 Å². The molecule has 0 N–H and O–H groups in total. The summed E-state index contributed by atoms with van der Waals surface area (Å²) >= 11 is 1.81. The van der Waals surface area contributed by atoms with E-state index >= 15 is 0 Å². The van der Waals surface area contributed by atoms with Crippen molar-refractivity contribution in [1.29, 1.82) is 0 Å². The minimum Gasteiger partial charge on any atom is -0.299 e. The number of thioether (sulfide) groups is 1. The van der Waals surface area contributed by atoms with Gasteiger partial charge >= 0.3 is 0 Å². The van der Waals surface area contributed by atoms with E-state index in [1.807, 2.05) is 11.8 Å². The minimum atomic E-state index is 0.303. The van der Waals surface area contributed by atoms with Gasteiger partial charge in [0.05, 0.1) is 5.75 Å². The predicted octanol–water partition coefficient (Wildman–Crippen LogP) is 5.23. The van der Waals surface area contributed by atoms with E-state index in [-0.39, 0.29) is 0 Å². The summed E-state index contributed by atoms with van der Waals surface area (Å²) in [5, 5.41) is 0.652. The lowest BCUT2D eigenvalue weighted by Crippen LogP contribution is -2.02. The van der Waals surface area contributed by atoms with E-state index < -0.39 is 0 Å². The van der Waals surface area contributed by atoms with Gasteiger partial charge in [-0.3, -0.25) is 4.79 Å². The molecule has 0 rings (SSSR count). The highest BCUT2D eigenvalue weighted by atomic mass is 32.2. The number of hydrogen-bond donors (Lipinski definition) is 0. The van der Waals surface area contributed by atoms with Gasteiger partial charge in [0.15, 0.2) is 0 Å². The van der Waals surface area contributed by atoms with Crippen molar-refractivity contribution in [3.8, 4) is 0 Å². The molecule has 0 aromatic heterocycles. The zero-order chi connectivity index (χ0) is 12.9. The fourth-order valence-electron chi connectivity index (χ4n) is 1.91. The van der Waals surface area contributed by atoms with Gasteiger partial charge in [0.25, 0.3) is 0 Å². The molecule has 2 heteroatoms. The molecule has 0 aromatic rings. The van der Waals surface area contributed by atoms with Gasteiger partial charge in [-0.05, 0) is 13.3 Å². The average Bonchev–Trinajstić information content (AvgIpc) is 2.30. The number of hydrogen-bond acceptors (Lipinski definition) is 2. The molecular weight excluding hydrogens is 228 g/mol. The number of Topliss-reactive ketones (excluding diaryl/α,β-unsaturated/α-hetero) is 1. The first kappa shape index (κ1) is 17.0. The zero-order valence-electron chi connectivity index (χ0n) is 12.0. The van der Waals surface area contributed by atoms with Crippen molar-refractivity contribution >= 4 is 17.5 Å². The van der Waals surface area contributed by atoms with Gasteiger partial charge in [-0.15, -0.1) is 0 Å². The summed E-state index contributed by atoms with van der Waals surface area (Å²) in [7, 11) is 0. The average molecular weight is 258 g/mol. The van der Waals surface area contributed by atoms with Crippen LogP contribution < -0.4 is 0 Å². The maximum atomic E-state index is 10.8. The molecule has 0 aliphatic rings. The maximum Gasteiger partial charge on any atom is 0.139 e. The Kier molecular flexibility index (Phi) is 12.5. The first-order valence-electron chi connectivity index (χ1n) is 7.27. The Bertz CT molecular complexity index is 180. The van der Waals surface area contributed by atoms with Crippen LogP contribution in [0.3, 0.4) is 0 Å². The van der Waals surface area contributed by atoms with Gasteiger partial charge in [-0.2, -0.15) is 11.8 Å². The summed E-state index contributed by atoms with van der Waals surface area (Å²) in [5.74, 6) is 0.996. The predicted molar refractivity (Wildman–Crippen MR) is 79.8 cm³/mol. The third-order valence-electron chi connectivity index (χ3n) is 3.04. The molecule has 0 saturated heterocycles. The van der Waals surface area contributed by atoms with Crippen LogP contribution in [0.5, 0.6) is 0 Å². The van der Waals surface area contributed by atoms with E-state index in [9.17, 15) is 4.79 Å². The molecule has 0 bridgehead atoms. The van der Waals surface area contributed by atoms with Gasteiger partial charge in [-0.25, -0.2) is 0 Å². The Morgan fingerprint density at radius 2 is 1.53 bits per heavy atom. The Labute approximate surface area is 112 Å². The summed E-state index contributed by atoms with van der Waals surface area (Å²) in [4.78, 5) is 10.8. The number of ketones is 1. The van der Waals surface area contributed by atoms with E-state index in [0.29, 0.717) is 16.8 Å². The number of carbonyl (C=O) groups excluding carboxylic acids is 1. The molecule has 0 aliphatic carbocycles. The summed E-state index contributed by atoms with van der Waals surface area (Å²) in [6.45, 7) is 6.19. The first-order valence-corrected chi connectivity index (χ1v) is 8.32. The third-order valence-corrected chi connectivity index (χ3v) is 4.41. The highest BCUT2D eigenvalue weighted by Gasteiger charge is 2.03. The standard InChI is InChI=1S/C15H30OS/c1-4-5-6-7-8-9-10-11-12-15(3)17-13-14(2)16/h15H,4-13H2,1-3H3. The van der Waals surface area contributed by atoms with Crippen molar-refractivity contribution in [2.45, 2.75) is 83.8 Å². The fraction of sp³-hybridized carbons (Fsp3) is 0.933. The van der Waals surface area contributed by atoms with E-state index in [1.165, 1.54) is 57.8 Å². The third kappa shape index (κ3) is 14.0. The van der Waals surface area contributed by atoms with Crippen molar-refractivity contribution in [1.82, 2.24) is 0 Å². The quantitative estimate of drug-likeness (QED) is 0.446. The molecule has 102 valence electrons. The second-order valence-electron chi connectivity index (χ2n) is 5.09. The van der Waals surface area contributed by atoms with E-state index in [2.05, 4.69) is 13.8 Å². The van der Waals surface area contributed by atoms with Gasteiger partial charge in [0.2, 0.25) is 0 Å². The van der Waals surface area contributed by atoms with Crippen LogP contribution in [-0.2, 0) is 4.79 Å². The molecule has 0 fully saturated rings. The molecule has 1 nitrogen and oxygen atoms in total. The van der Waals surface area contributed by atoms with E-state index in [1.54, 1.807) is 6.92 Å². The molecule has 0 heterocycles. The van der Waals surface area contributed by atoms with Crippen molar-refractivity contribution in [3.63, 3.8) is 0 Å². The van der Waals surface area contributed by atoms with Crippen LogP contribution >= 0.6 is 11.8 Å². The number of rotatable bonds is 12. The van der Waals surface area contributed by atoms with Gasteiger partial charge in [0, 0.05) is 5.25 Å². The molecule has 0 aliphatic heterocycles. The lowest BCUT2D eigenvalue weighted by molar-refractivity contribution is -0.114. The molecule has 0 amide bonds. The maximum absolute atomic E-state index is 10.8. The highest BCUT2D eigenvalue weighted by molar-refractivity contribution is 8.00. The summed E-state index contributed by atoms with van der Waals surface area (Å²) in [5.41, 5.74) is 0. The topological polar surface area (TPSA) is 17.1 Å². The molecule has 0 aromatic carbocycles. The van der Waals surface area contributed by atoms with Crippen LogP contribution in [0.25, 0.3) is 0 Å². The summed E-state index contributed by atoms with van der Waals surface area (Å²) in [6.07, 6.45) is 12.4. The monoisotopic (exact) mass is 258 g/mol. The molecule has 1 atom stereocenters. The Morgan fingerprint density at radius 1 is 1.00 bits per heavy atom. The smallest absolute Gasteiger partial charge is 0.139 e. The highest BCUT2D eigenvalue weighted by Crippen LogP contribution is 2.18. The van der Waals surface area contributed by atoms with Crippen LogP contribution in [0, 0.1) is 0 Å². The van der Waals surface area contributed by atoms with E-state index in [0.717, 1.165) is 0 Å². The lowest BCUT2D eigenvalue weighted by atomic mass is 10.1. The fourth-order valence-corrected chi connectivity index (χ4v) is 2.76. The van der Waals surface area contributed by atoms with Crippen molar-refractivity contribution in [2.24, 2.45) is 0 Å². The van der Waals surface area contributed by atoms with Crippen molar-refractivity contribution < 1.29 is 4.79 Å². The first-order chi connectivity index (χ1) is 8.16. The molecular formula is C15H30OS. The number of carbonyl (C=O) groups is 1. The zero-order valence-corrected chi connectivity index (χ0v) is 12.8. The van der Waals surface area contributed by atoms with Crippen molar-refractivity contribution in [2.75, 3.05) is 5.75 Å². The summed E-state index contributed by atoms with van der Waals surface area (Å²) in [6, 6.07) is 0. The molecule has 0 saturated carbocycles. The second-order valence-corrected chi connectivity index (χ2v) is 6.51. The Hall–Kier alpha value is 0.0200. The Morgan fingerprint density at radius 3 is 2.06 bits per heavy atom. The lowest BCUT2D eigenvalue weighted by Gasteiger charge is -2.09. The molecule has 0 radical (unpaired) electrons. The van der Waals surface area contributed by atoms with Crippen LogP contribution in [0.4, 0.5) is 0 Å². The molecule has 0 spiro atoms. The number of unbranched alkanes of at least 4 members (excludes halogenated alkanes) is 7. The van der Waals surface area contributed by atoms with Crippen LogP contribution in [0.15, 0.2) is 0 Å². The molecule has 17 heavy (non-hydrogen) atoms. The SMILES string of the molecule is CCCCCCCCCCC(C)SCC(C)=O. The minimum absolute atomic E-state index is 0.303. The van der Waals surface area contributed by atoms with E-state index in [4.69, 9.17) is 0 Å².